The topological polar surface area (TPSA) is 75.8 Å². The summed E-state index contributed by atoms with van der Waals surface area (Å²) in [7, 11) is 1.30. The van der Waals surface area contributed by atoms with Gasteiger partial charge in [-0.2, -0.15) is 0 Å². The number of aryl methyl sites for hydroxylation is 2. The summed E-state index contributed by atoms with van der Waals surface area (Å²) in [6.45, 7) is 6.15. The maximum atomic E-state index is 11.3. The summed E-state index contributed by atoms with van der Waals surface area (Å²) in [6, 6.07) is 0. The van der Waals surface area contributed by atoms with Crippen LogP contribution in [-0.2, 0) is 16.1 Å². The number of aliphatic hydroxyl groups is 1. The Morgan fingerprint density at radius 2 is 2.15 bits per heavy atom. The maximum absolute atomic E-state index is 11.3. The van der Waals surface area contributed by atoms with Crippen molar-refractivity contribution >= 4 is 5.97 Å². The van der Waals surface area contributed by atoms with E-state index in [0.29, 0.717) is 6.54 Å². The van der Waals surface area contributed by atoms with Crippen molar-refractivity contribution in [2.24, 2.45) is 5.92 Å². The number of methoxy groups -OCH3 is 1. The van der Waals surface area contributed by atoms with Gasteiger partial charge < -0.3 is 14.3 Å². The van der Waals surface area contributed by atoms with Gasteiger partial charge in [0, 0.05) is 0 Å². The molecule has 6 nitrogen and oxygen atoms in total. The van der Waals surface area contributed by atoms with Crippen LogP contribution >= 0.6 is 0 Å². The van der Waals surface area contributed by atoms with E-state index in [1.165, 1.54) is 7.11 Å². The lowest BCUT2D eigenvalue weighted by Crippen LogP contribution is -2.40. The third-order valence-corrected chi connectivity index (χ3v) is 3.95. The van der Waals surface area contributed by atoms with Gasteiger partial charge in [0.1, 0.15) is 5.76 Å². The van der Waals surface area contributed by atoms with Gasteiger partial charge in [-0.15, -0.1) is 0 Å². The molecule has 0 aromatic carbocycles. The van der Waals surface area contributed by atoms with Gasteiger partial charge in [-0.25, -0.2) is 9.78 Å². The second-order valence-corrected chi connectivity index (χ2v) is 5.33. The number of carbonyl (C=O) groups excluding carboxylic acids is 1. The molecule has 1 aliphatic rings. The van der Waals surface area contributed by atoms with Crippen molar-refractivity contribution < 1.29 is 19.1 Å². The van der Waals surface area contributed by atoms with Gasteiger partial charge in [0.25, 0.3) is 0 Å². The predicted octanol–water partition coefficient (Wildman–Crippen LogP) is 1.04. The number of nitrogens with zero attached hydrogens (tertiary/aromatic N) is 2. The molecule has 0 spiro atoms. The first kappa shape index (κ1) is 15.0. The summed E-state index contributed by atoms with van der Waals surface area (Å²) in [4.78, 5) is 17.9. The molecule has 1 aliphatic heterocycles. The molecule has 1 N–H and O–H groups in total. The van der Waals surface area contributed by atoms with Crippen LogP contribution in [0.5, 0.6) is 0 Å². The average Bonchev–Trinajstić information content (AvgIpc) is 2.76. The highest BCUT2D eigenvalue weighted by atomic mass is 16.5. The molecule has 1 aromatic heterocycles. The molecule has 0 amide bonds. The van der Waals surface area contributed by atoms with Gasteiger partial charge >= 0.3 is 5.97 Å². The first-order valence-electron chi connectivity index (χ1n) is 6.92. The Hall–Kier alpha value is -1.40. The SMILES string of the molecule is COC(=O)[C@H](O)C1CCN(Cc2nc(C)c(C)o2)CC1. The summed E-state index contributed by atoms with van der Waals surface area (Å²) in [5.41, 5.74) is 0.927. The first-order chi connectivity index (χ1) is 9.51. The second kappa shape index (κ2) is 6.37. The third kappa shape index (κ3) is 3.37. The van der Waals surface area contributed by atoms with Gasteiger partial charge in [0.05, 0.1) is 19.3 Å². The zero-order valence-corrected chi connectivity index (χ0v) is 12.3. The van der Waals surface area contributed by atoms with E-state index >= 15 is 0 Å². The minimum Gasteiger partial charge on any atom is -0.467 e. The Balaban J connectivity index is 1.83. The monoisotopic (exact) mass is 282 g/mol. The van der Waals surface area contributed by atoms with Crippen LogP contribution in [0, 0.1) is 19.8 Å². The number of aromatic nitrogens is 1. The first-order valence-corrected chi connectivity index (χ1v) is 6.92. The van der Waals surface area contributed by atoms with E-state index in [4.69, 9.17) is 4.42 Å². The summed E-state index contributed by atoms with van der Waals surface area (Å²) in [6.07, 6.45) is 0.539. The highest BCUT2D eigenvalue weighted by Gasteiger charge is 2.30. The van der Waals surface area contributed by atoms with Crippen molar-refractivity contribution in [3.63, 3.8) is 0 Å². The van der Waals surface area contributed by atoms with Crippen molar-refractivity contribution in [1.29, 1.82) is 0 Å². The molecular formula is C14H22N2O4. The Kier molecular flexibility index (Phi) is 4.77. The number of piperidine rings is 1. The Labute approximate surface area is 118 Å². The molecule has 2 rings (SSSR count). The van der Waals surface area contributed by atoms with Gasteiger partial charge in [-0.05, 0) is 45.7 Å². The summed E-state index contributed by atoms with van der Waals surface area (Å²) in [5, 5.41) is 9.83. The highest BCUT2D eigenvalue weighted by Crippen LogP contribution is 2.23. The number of esters is 1. The number of carbonyl (C=O) groups is 1. The second-order valence-electron chi connectivity index (χ2n) is 5.33. The molecule has 1 atom stereocenters. The fourth-order valence-corrected chi connectivity index (χ4v) is 2.54. The lowest BCUT2D eigenvalue weighted by atomic mass is 9.91. The molecule has 0 saturated carbocycles. The van der Waals surface area contributed by atoms with Crippen LogP contribution in [0.2, 0.25) is 0 Å². The quantitative estimate of drug-likeness (QED) is 0.832. The number of oxazole rings is 1. The van der Waals surface area contributed by atoms with E-state index < -0.39 is 12.1 Å². The molecule has 112 valence electrons. The van der Waals surface area contributed by atoms with Crippen LogP contribution in [0.3, 0.4) is 0 Å². The third-order valence-electron chi connectivity index (χ3n) is 3.95. The van der Waals surface area contributed by atoms with Crippen LogP contribution in [0.4, 0.5) is 0 Å². The molecule has 1 saturated heterocycles. The largest absolute Gasteiger partial charge is 0.467 e. The predicted molar refractivity (Wildman–Crippen MR) is 72.0 cm³/mol. The smallest absolute Gasteiger partial charge is 0.334 e. The molecule has 0 unspecified atom stereocenters. The van der Waals surface area contributed by atoms with Gasteiger partial charge in [0.2, 0.25) is 5.89 Å². The van der Waals surface area contributed by atoms with Crippen LogP contribution in [0.1, 0.15) is 30.2 Å². The van der Waals surface area contributed by atoms with Gasteiger partial charge in [0.15, 0.2) is 6.10 Å². The zero-order valence-electron chi connectivity index (χ0n) is 12.3. The van der Waals surface area contributed by atoms with E-state index in [9.17, 15) is 9.90 Å². The van der Waals surface area contributed by atoms with E-state index in [0.717, 1.165) is 43.3 Å². The van der Waals surface area contributed by atoms with E-state index in [2.05, 4.69) is 14.6 Å². The summed E-state index contributed by atoms with van der Waals surface area (Å²) < 4.78 is 10.1. The number of ether oxygens (including phenoxy) is 1. The van der Waals surface area contributed by atoms with Gasteiger partial charge in [-0.3, -0.25) is 4.90 Å². The maximum Gasteiger partial charge on any atom is 0.334 e. The number of aliphatic hydroxyl groups excluding tert-OH is 1. The van der Waals surface area contributed by atoms with Crippen molar-refractivity contribution in [2.45, 2.75) is 39.3 Å². The lowest BCUT2D eigenvalue weighted by molar-refractivity contribution is -0.154. The zero-order chi connectivity index (χ0) is 14.7. The number of hydrogen-bond acceptors (Lipinski definition) is 6. The van der Waals surface area contributed by atoms with Crippen LogP contribution < -0.4 is 0 Å². The van der Waals surface area contributed by atoms with Crippen LogP contribution in [-0.4, -0.2) is 47.3 Å². The van der Waals surface area contributed by atoms with E-state index in [-0.39, 0.29) is 5.92 Å². The van der Waals surface area contributed by atoms with Crippen molar-refractivity contribution in [3.8, 4) is 0 Å². The summed E-state index contributed by atoms with van der Waals surface area (Å²) >= 11 is 0. The Morgan fingerprint density at radius 1 is 1.50 bits per heavy atom. The number of rotatable bonds is 4. The molecule has 2 heterocycles. The van der Waals surface area contributed by atoms with E-state index in [1.54, 1.807) is 0 Å². The fourth-order valence-electron chi connectivity index (χ4n) is 2.54. The van der Waals surface area contributed by atoms with Crippen LogP contribution in [0.25, 0.3) is 0 Å². The molecule has 0 aliphatic carbocycles. The highest BCUT2D eigenvalue weighted by molar-refractivity contribution is 5.74. The fraction of sp³-hybridized carbons (Fsp3) is 0.714. The molecule has 1 fully saturated rings. The van der Waals surface area contributed by atoms with Crippen LogP contribution in [0.15, 0.2) is 4.42 Å². The lowest BCUT2D eigenvalue weighted by Gasteiger charge is -2.32. The van der Waals surface area contributed by atoms with Crippen molar-refractivity contribution in [3.05, 3.63) is 17.3 Å². The van der Waals surface area contributed by atoms with Crippen molar-refractivity contribution in [1.82, 2.24) is 9.88 Å². The molecule has 0 radical (unpaired) electrons. The molecule has 1 aromatic rings. The van der Waals surface area contributed by atoms with Gasteiger partial charge in [-0.1, -0.05) is 0 Å². The van der Waals surface area contributed by atoms with E-state index in [1.807, 2.05) is 13.8 Å². The normalized spacial score (nSPS) is 19.0. The molecule has 6 heteroatoms. The standard InChI is InChI=1S/C14H22N2O4/c1-9-10(2)20-12(15-9)8-16-6-4-11(5-7-16)13(17)14(18)19-3/h11,13,17H,4-8H2,1-3H3/t13-/m1/s1. The Morgan fingerprint density at radius 3 is 2.65 bits per heavy atom. The molecule has 0 bridgehead atoms. The summed E-state index contributed by atoms with van der Waals surface area (Å²) in [5.74, 6) is 1.03. The number of hydrogen-bond donors (Lipinski definition) is 1. The Bertz CT molecular complexity index is 444. The minimum absolute atomic E-state index is 0.0215. The van der Waals surface area contributed by atoms with Crippen molar-refractivity contribution in [2.75, 3.05) is 20.2 Å². The molecular weight excluding hydrogens is 260 g/mol. The molecule has 20 heavy (non-hydrogen) atoms. The average molecular weight is 282 g/mol. The minimum atomic E-state index is -1.01. The number of likely N-dealkylation sites (tertiary alicyclic amines) is 1.